The lowest BCUT2D eigenvalue weighted by Crippen LogP contribution is -2.83. The zero-order chi connectivity index (χ0) is 26.6. The molecule has 0 radical (unpaired) electrons. The van der Waals surface area contributed by atoms with Gasteiger partial charge in [-0.25, -0.2) is 0 Å². The lowest BCUT2D eigenvalue weighted by molar-refractivity contribution is -0.306. The number of benzene rings is 1. The first-order valence-electron chi connectivity index (χ1n) is 11.7. The second kappa shape index (κ2) is 7.49. The summed E-state index contributed by atoms with van der Waals surface area (Å²) in [6.07, 6.45) is -5.39. The highest BCUT2D eigenvalue weighted by atomic mass is 16.4. The summed E-state index contributed by atoms with van der Waals surface area (Å²) < 4.78 is 0. The molecule has 2 fully saturated rings. The third kappa shape index (κ3) is 2.65. The largest absolute Gasteiger partial charge is 0.504 e. The van der Waals surface area contributed by atoms with E-state index in [0.717, 1.165) is 0 Å². The molecule has 0 bridgehead atoms. The predicted octanol–water partition coefficient (Wildman–Crippen LogP) is -0.190. The van der Waals surface area contributed by atoms with Crippen molar-refractivity contribution in [2.24, 2.45) is 40.2 Å². The predicted molar refractivity (Wildman–Crippen MR) is 121 cm³/mol. The monoisotopic (exact) mass is 491 g/mol. The average Bonchev–Trinajstić information content (AvgIpc) is 2.75. The standard InChI is InChI=1S/C25H33NO9/c1-8(2)14-18(30)13(21(26)33)19(31)25(35)20(32)15-17(29)12-10(6-7-11(27)16(12)28)9(3)23(15,4)22(34)24(14,25)5/h6-9,13-15,18,20,22,27-28,30,32,34-35H,1-5H3,(H2,26,33)/t9-,13-,14+,15-,18?,20?,22-,23+,24+,25+/m1/s1. The van der Waals surface area contributed by atoms with Crippen LogP contribution in [0.5, 0.6) is 11.5 Å². The fourth-order valence-corrected chi connectivity index (χ4v) is 7.75. The molecule has 1 aromatic rings. The van der Waals surface area contributed by atoms with Gasteiger partial charge in [0.15, 0.2) is 28.7 Å². The number of primary amides is 1. The Kier molecular flexibility index (Phi) is 5.47. The molecule has 10 heteroatoms. The van der Waals surface area contributed by atoms with E-state index in [9.17, 15) is 45.0 Å². The highest BCUT2D eigenvalue weighted by Crippen LogP contribution is 2.68. The van der Waals surface area contributed by atoms with Crippen molar-refractivity contribution in [2.75, 3.05) is 0 Å². The van der Waals surface area contributed by atoms with Crippen LogP contribution in [0.1, 0.15) is 56.5 Å². The van der Waals surface area contributed by atoms with Crippen LogP contribution < -0.4 is 5.73 Å². The summed E-state index contributed by atoms with van der Waals surface area (Å²) in [6.45, 7) is 7.99. The summed E-state index contributed by atoms with van der Waals surface area (Å²) in [5.74, 6) is -10.3. The number of ketones is 2. The van der Waals surface area contributed by atoms with Crippen molar-refractivity contribution in [3.63, 3.8) is 0 Å². The van der Waals surface area contributed by atoms with E-state index in [1.165, 1.54) is 19.1 Å². The van der Waals surface area contributed by atoms with Crippen molar-refractivity contribution >= 4 is 17.5 Å². The minimum atomic E-state index is -2.83. The summed E-state index contributed by atoms with van der Waals surface area (Å²) in [5, 5.41) is 67.3. The molecule has 10 atom stereocenters. The number of aromatic hydroxyl groups is 2. The number of hydrogen-bond donors (Lipinski definition) is 7. The number of aliphatic hydroxyl groups excluding tert-OH is 3. The first kappa shape index (κ1) is 25.6. The molecule has 8 N–H and O–H groups in total. The molecule has 192 valence electrons. The van der Waals surface area contributed by atoms with Crippen LogP contribution in [0.3, 0.4) is 0 Å². The summed E-state index contributed by atoms with van der Waals surface area (Å²) in [4.78, 5) is 39.6. The molecule has 1 amide bonds. The normalized spacial score (nSPS) is 45.0. The Morgan fingerprint density at radius 1 is 1.09 bits per heavy atom. The second-order valence-corrected chi connectivity index (χ2v) is 11.2. The molecular weight excluding hydrogens is 458 g/mol. The number of hydrogen-bond acceptors (Lipinski definition) is 9. The number of carbonyl (C=O) groups is 3. The zero-order valence-corrected chi connectivity index (χ0v) is 20.3. The van der Waals surface area contributed by atoms with Gasteiger partial charge in [-0.3, -0.25) is 14.4 Å². The number of rotatable bonds is 2. The van der Waals surface area contributed by atoms with Gasteiger partial charge in [0.1, 0.15) is 12.0 Å². The minimum absolute atomic E-state index is 0.270. The summed E-state index contributed by atoms with van der Waals surface area (Å²) in [7, 11) is 0. The van der Waals surface area contributed by atoms with E-state index in [1.54, 1.807) is 27.7 Å². The van der Waals surface area contributed by atoms with E-state index in [-0.39, 0.29) is 5.56 Å². The number of amides is 1. The van der Waals surface area contributed by atoms with Gasteiger partial charge in [0.2, 0.25) is 5.91 Å². The van der Waals surface area contributed by atoms with Crippen molar-refractivity contribution in [2.45, 2.75) is 64.4 Å². The Balaban J connectivity index is 2.06. The second-order valence-electron chi connectivity index (χ2n) is 11.2. The Morgan fingerprint density at radius 3 is 2.17 bits per heavy atom. The van der Waals surface area contributed by atoms with E-state index in [4.69, 9.17) is 5.73 Å². The van der Waals surface area contributed by atoms with E-state index in [0.29, 0.717) is 5.56 Å². The van der Waals surface area contributed by atoms with E-state index in [2.05, 4.69) is 0 Å². The van der Waals surface area contributed by atoms with Gasteiger partial charge in [-0.1, -0.05) is 40.7 Å². The van der Waals surface area contributed by atoms with Crippen LogP contribution in [-0.2, 0) is 9.59 Å². The van der Waals surface area contributed by atoms with Gasteiger partial charge in [0.05, 0.1) is 23.7 Å². The van der Waals surface area contributed by atoms with Crippen LogP contribution in [-0.4, -0.2) is 72.0 Å². The summed E-state index contributed by atoms with van der Waals surface area (Å²) in [6, 6.07) is 2.66. The minimum Gasteiger partial charge on any atom is -0.504 e. The lowest BCUT2D eigenvalue weighted by Gasteiger charge is -2.69. The maximum atomic E-state index is 13.7. The molecular formula is C25H33NO9. The van der Waals surface area contributed by atoms with Crippen LogP contribution in [0.15, 0.2) is 12.1 Å². The van der Waals surface area contributed by atoms with Crippen molar-refractivity contribution in [3.8, 4) is 11.5 Å². The first-order valence-corrected chi connectivity index (χ1v) is 11.7. The van der Waals surface area contributed by atoms with Crippen molar-refractivity contribution < 1.29 is 45.0 Å². The molecule has 35 heavy (non-hydrogen) atoms. The van der Waals surface area contributed by atoms with Gasteiger partial charge in [-0.2, -0.15) is 0 Å². The molecule has 2 saturated carbocycles. The molecule has 0 heterocycles. The van der Waals surface area contributed by atoms with Crippen molar-refractivity contribution in [1.82, 2.24) is 0 Å². The van der Waals surface area contributed by atoms with Gasteiger partial charge in [-0.15, -0.1) is 0 Å². The Morgan fingerprint density at radius 2 is 1.66 bits per heavy atom. The highest BCUT2D eigenvalue weighted by Gasteiger charge is 2.80. The molecule has 4 rings (SSSR count). The molecule has 10 nitrogen and oxygen atoms in total. The zero-order valence-electron chi connectivity index (χ0n) is 20.3. The fraction of sp³-hybridized carbons (Fsp3) is 0.640. The van der Waals surface area contributed by atoms with Crippen molar-refractivity contribution in [1.29, 1.82) is 0 Å². The third-order valence-corrected chi connectivity index (χ3v) is 9.59. The van der Waals surface area contributed by atoms with E-state index in [1.807, 2.05) is 0 Å². The summed E-state index contributed by atoms with van der Waals surface area (Å²) in [5.41, 5.74) is -0.720. The average molecular weight is 492 g/mol. The third-order valence-electron chi connectivity index (χ3n) is 9.59. The number of nitrogens with two attached hydrogens (primary N) is 1. The maximum absolute atomic E-state index is 13.7. The number of Topliss-reactive ketones (excluding diaryl/α,β-unsaturated/α-hetero) is 2. The molecule has 3 aliphatic rings. The highest BCUT2D eigenvalue weighted by molar-refractivity contribution is 6.09. The molecule has 0 saturated heterocycles. The fourth-order valence-electron chi connectivity index (χ4n) is 7.75. The first-order chi connectivity index (χ1) is 16.0. The maximum Gasteiger partial charge on any atom is 0.230 e. The number of fused-ring (bicyclic) bond motifs is 3. The van der Waals surface area contributed by atoms with Crippen LogP contribution in [0, 0.1) is 34.5 Å². The number of aliphatic hydroxyl groups is 4. The van der Waals surface area contributed by atoms with Crippen LogP contribution in [0.2, 0.25) is 0 Å². The smallest absolute Gasteiger partial charge is 0.230 e. The lowest BCUT2D eigenvalue weighted by atomic mass is 9.36. The van der Waals surface area contributed by atoms with E-state index >= 15 is 0 Å². The molecule has 1 aromatic carbocycles. The van der Waals surface area contributed by atoms with Gasteiger partial charge in [0.25, 0.3) is 0 Å². The topological polar surface area (TPSA) is 199 Å². The van der Waals surface area contributed by atoms with Crippen molar-refractivity contribution in [3.05, 3.63) is 23.3 Å². The van der Waals surface area contributed by atoms with Crippen LogP contribution in [0.4, 0.5) is 0 Å². The molecule has 0 aliphatic heterocycles. The quantitative estimate of drug-likeness (QED) is 0.216. The SMILES string of the molecule is CC(C)[C@H]1C(O)[C@@H](C(N)=O)C(=O)[C@]2(O)C(O)[C@H]3C(=O)c4c(ccc(O)c4O)[C@@H](C)[C@]3(C)[C@@H](O)[C@]12C. The Bertz CT molecular complexity index is 1130. The van der Waals surface area contributed by atoms with Gasteiger partial charge in [0, 0.05) is 10.8 Å². The molecule has 3 aliphatic carbocycles. The Labute approximate surface area is 202 Å². The van der Waals surface area contributed by atoms with Gasteiger partial charge >= 0.3 is 0 Å². The number of carbonyl (C=O) groups excluding carboxylic acids is 3. The van der Waals surface area contributed by atoms with Gasteiger partial charge in [-0.05, 0) is 29.4 Å². The van der Waals surface area contributed by atoms with Crippen LogP contribution in [0.25, 0.3) is 0 Å². The molecule has 0 aromatic heterocycles. The van der Waals surface area contributed by atoms with E-state index < -0.39 is 93.3 Å². The molecule has 0 spiro atoms. The molecule has 2 unspecified atom stereocenters. The Hall–Kier alpha value is -2.53. The summed E-state index contributed by atoms with van der Waals surface area (Å²) >= 11 is 0. The van der Waals surface area contributed by atoms with Crippen LogP contribution >= 0.6 is 0 Å². The number of phenols is 2. The van der Waals surface area contributed by atoms with Gasteiger partial charge < -0.3 is 36.4 Å². The number of phenolic OH excluding ortho intramolecular Hbond substituents is 2.